The maximum absolute atomic E-state index is 13.1. The molecular weight excluding hydrogens is 961 g/mol. The van der Waals surface area contributed by atoms with Gasteiger partial charge in [0.15, 0.2) is 0 Å². The summed E-state index contributed by atoms with van der Waals surface area (Å²) in [5.74, 6) is -1.03. The van der Waals surface area contributed by atoms with Crippen LogP contribution in [0.2, 0.25) is 0 Å². The van der Waals surface area contributed by atoms with Crippen molar-refractivity contribution in [1.82, 2.24) is 50.9 Å². The van der Waals surface area contributed by atoms with E-state index in [1.807, 2.05) is 30.3 Å². The second-order valence-corrected chi connectivity index (χ2v) is 22.5. The highest BCUT2D eigenvalue weighted by Gasteiger charge is 2.50. The Morgan fingerprint density at radius 1 is 0.521 bits per heavy atom. The number of carbonyl (C=O) groups excluding carboxylic acids is 8. The Morgan fingerprint density at radius 3 is 1.26 bits per heavy atom. The monoisotopic (exact) mass is 1030 g/mol. The minimum Gasteiger partial charge on any atom is -0.442 e. The first-order chi connectivity index (χ1) is 33.9. The van der Waals surface area contributed by atoms with Gasteiger partial charge in [-0.3, -0.25) is 29.3 Å². The molecule has 7 rings (SSSR count). The van der Waals surface area contributed by atoms with Crippen LogP contribution in [0.5, 0.6) is 0 Å². The summed E-state index contributed by atoms with van der Waals surface area (Å²) in [5.41, 5.74) is 2.56. The van der Waals surface area contributed by atoms with Crippen LogP contribution in [0.1, 0.15) is 114 Å². The maximum Gasteiger partial charge on any atom is 0.429 e. The third-order valence-electron chi connectivity index (χ3n) is 11.6. The van der Waals surface area contributed by atoms with Crippen LogP contribution in [0.3, 0.4) is 0 Å². The van der Waals surface area contributed by atoms with E-state index >= 15 is 0 Å². The second kappa shape index (κ2) is 22.0. The van der Waals surface area contributed by atoms with Crippen LogP contribution < -0.4 is 11.0 Å². The number of ether oxygens (including phenoxy) is 4. The van der Waals surface area contributed by atoms with Gasteiger partial charge in [0.1, 0.15) is 53.3 Å². The zero-order chi connectivity index (χ0) is 54.0. The zero-order valence-corrected chi connectivity index (χ0v) is 43.8. The van der Waals surface area contributed by atoms with Crippen molar-refractivity contribution in [2.24, 2.45) is 0 Å². The molecule has 1 aromatic rings. The highest BCUT2D eigenvalue weighted by atomic mass is 16.7. The van der Waals surface area contributed by atoms with E-state index in [1.165, 1.54) is 14.9 Å². The maximum atomic E-state index is 13.1. The van der Waals surface area contributed by atoms with Crippen LogP contribution >= 0.6 is 0 Å². The molecule has 6 saturated heterocycles. The number of piperidine rings is 2. The lowest BCUT2D eigenvalue weighted by atomic mass is 10.0. The normalized spacial score (nSPS) is 22.6. The fourth-order valence-corrected chi connectivity index (χ4v) is 8.51. The van der Waals surface area contributed by atoms with E-state index in [1.54, 1.807) is 83.1 Å². The Kier molecular flexibility index (Phi) is 16.8. The predicted molar refractivity (Wildman–Crippen MR) is 252 cm³/mol. The lowest BCUT2D eigenvalue weighted by molar-refractivity contribution is -0.143. The summed E-state index contributed by atoms with van der Waals surface area (Å²) in [6.07, 6.45) is -2.61. The number of hydrogen-bond acceptors (Lipinski definition) is 16. The van der Waals surface area contributed by atoms with Gasteiger partial charge in [0.05, 0.1) is 38.3 Å². The summed E-state index contributed by atoms with van der Waals surface area (Å²) < 4.78 is 21.6. The molecule has 3 N–H and O–H groups in total. The van der Waals surface area contributed by atoms with Crippen molar-refractivity contribution in [1.29, 1.82) is 0 Å². The number of hydroxylamine groups is 6. The van der Waals surface area contributed by atoms with Crippen LogP contribution in [0.4, 0.5) is 28.8 Å². The molecule has 26 heteroatoms. The van der Waals surface area contributed by atoms with Crippen molar-refractivity contribution in [3.8, 4) is 0 Å². The first-order valence-electron chi connectivity index (χ1n) is 24.4. The third-order valence-corrected chi connectivity index (χ3v) is 11.6. The molecule has 26 nitrogen and oxygen atoms in total. The van der Waals surface area contributed by atoms with Gasteiger partial charge in [-0.1, -0.05) is 30.3 Å². The SMILES string of the molecule is CC(C)(C)OC(=O)N1CC(ONC(=O)[C@@H]2CC[C@@H]3CN2C(=O)N3O)CN1C(=O)OC(C)(C)C.CC(C)(C)OC(=O)N1CC(ONC(=O)[C@@H]2CC[C@@H]3CN2C(=O)N3OCc2ccccc2)CN1C(=O)OC(C)(C)C. The van der Waals surface area contributed by atoms with Gasteiger partial charge in [0.25, 0.3) is 11.8 Å². The largest absolute Gasteiger partial charge is 0.442 e. The van der Waals surface area contributed by atoms with Gasteiger partial charge < -0.3 is 28.7 Å². The van der Waals surface area contributed by atoms with E-state index in [-0.39, 0.29) is 57.4 Å². The smallest absolute Gasteiger partial charge is 0.429 e. The number of nitrogens with one attached hydrogen (secondary N) is 2. The van der Waals surface area contributed by atoms with Crippen molar-refractivity contribution < 1.29 is 77.0 Å². The molecule has 0 radical (unpaired) electrons. The molecule has 0 aliphatic carbocycles. The number of hydrazine groups is 2. The Balaban J connectivity index is 0.000000243. The summed E-state index contributed by atoms with van der Waals surface area (Å²) in [5, 5.41) is 16.2. The standard InChI is InChI=1S/C27H39N5O8.C20H33N5O8/c1-26(2,3)38-24(35)30-15-20(16-31(30)25(36)39-27(4,5)6)40-28-22(33)21-13-12-19-14-29(21)23(34)32(19)37-17-18-10-8-7-9-11-18;1-19(2,3)31-17(28)23-10-13(11-24(23)18(29)32-20(4,5)6)33-21-15(26)14-8-7-12-9-22(14)16(27)25(12)30/h7-11,19-21H,12-17H2,1-6H3,(H,28,33);12-14,30H,7-11H2,1-6H3,(H,21,26)/t19-,21+;12-,14+/m11/s1. The fourth-order valence-electron chi connectivity index (χ4n) is 8.51. The molecule has 10 amide bonds. The second-order valence-electron chi connectivity index (χ2n) is 22.5. The van der Waals surface area contributed by atoms with Crippen LogP contribution in [0.15, 0.2) is 30.3 Å². The van der Waals surface area contributed by atoms with Gasteiger partial charge in [-0.05, 0) is 114 Å². The number of rotatable bonds is 9. The van der Waals surface area contributed by atoms with Crippen molar-refractivity contribution in [3.63, 3.8) is 0 Å². The Hall–Kier alpha value is -6.38. The summed E-state index contributed by atoms with van der Waals surface area (Å²) in [6, 6.07) is 6.57. The van der Waals surface area contributed by atoms with Crippen LogP contribution in [-0.2, 0) is 49.7 Å². The molecular formula is C47H72N10O16. The van der Waals surface area contributed by atoms with Crippen molar-refractivity contribution in [2.75, 3.05) is 39.3 Å². The van der Waals surface area contributed by atoms with Gasteiger partial charge in [-0.15, -0.1) is 0 Å². The Labute approximate surface area is 424 Å². The molecule has 6 aliphatic rings. The minimum absolute atomic E-state index is 0.0507. The highest BCUT2D eigenvalue weighted by molar-refractivity contribution is 5.89. The summed E-state index contributed by atoms with van der Waals surface area (Å²) in [4.78, 5) is 122. The molecule has 0 spiro atoms. The van der Waals surface area contributed by atoms with Crippen LogP contribution in [0.25, 0.3) is 0 Å². The molecule has 0 saturated carbocycles. The molecule has 6 fully saturated rings. The number of urea groups is 2. The van der Waals surface area contributed by atoms with Gasteiger partial charge in [-0.2, -0.15) is 5.06 Å². The van der Waals surface area contributed by atoms with E-state index < -0.39 is 88.9 Å². The molecule has 0 unspecified atom stereocenters. The first-order valence-corrected chi connectivity index (χ1v) is 24.4. The minimum atomic E-state index is -0.788. The zero-order valence-electron chi connectivity index (χ0n) is 43.8. The van der Waals surface area contributed by atoms with Crippen molar-refractivity contribution >= 4 is 48.2 Å². The Morgan fingerprint density at radius 2 is 0.877 bits per heavy atom. The number of amides is 10. The predicted octanol–water partition coefficient (Wildman–Crippen LogP) is 4.67. The lowest BCUT2D eigenvalue weighted by Crippen LogP contribution is -2.50. The molecule has 73 heavy (non-hydrogen) atoms. The highest BCUT2D eigenvalue weighted by Crippen LogP contribution is 2.32. The molecule has 1 aromatic carbocycles. The molecule has 4 bridgehead atoms. The van der Waals surface area contributed by atoms with E-state index in [2.05, 4.69) is 11.0 Å². The number of hydrogen-bond donors (Lipinski definition) is 3. The van der Waals surface area contributed by atoms with Crippen molar-refractivity contribution in [3.05, 3.63) is 35.9 Å². The first kappa shape index (κ1) is 55.9. The Bertz CT molecular complexity index is 2140. The topological polar surface area (TPSA) is 271 Å². The van der Waals surface area contributed by atoms with E-state index in [0.29, 0.717) is 37.3 Å². The van der Waals surface area contributed by atoms with Gasteiger partial charge in [0.2, 0.25) is 0 Å². The summed E-state index contributed by atoms with van der Waals surface area (Å²) in [7, 11) is 0. The van der Waals surface area contributed by atoms with Gasteiger partial charge in [-0.25, -0.2) is 64.8 Å². The molecule has 4 atom stereocenters. The van der Waals surface area contributed by atoms with E-state index in [0.717, 1.165) is 25.6 Å². The van der Waals surface area contributed by atoms with Crippen molar-refractivity contribution in [2.45, 2.75) is 174 Å². The number of nitrogens with zero attached hydrogens (tertiary/aromatic N) is 8. The van der Waals surface area contributed by atoms with Crippen LogP contribution in [-0.4, -0.2) is 191 Å². The average molecular weight is 1030 g/mol. The van der Waals surface area contributed by atoms with E-state index in [9.17, 15) is 43.6 Å². The van der Waals surface area contributed by atoms with Crippen LogP contribution in [0, 0.1) is 0 Å². The molecule has 406 valence electrons. The van der Waals surface area contributed by atoms with E-state index in [4.69, 9.17) is 33.5 Å². The molecule has 6 heterocycles. The molecule has 6 aliphatic heterocycles. The summed E-state index contributed by atoms with van der Waals surface area (Å²) >= 11 is 0. The third kappa shape index (κ3) is 14.7. The quantitative estimate of drug-likeness (QED) is 0.172. The number of benzene rings is 1. The number of carbonyl (C=O) groups is 8. The van der Waals surface area contributed by atoms with Gasteiger partial charge >= 0.3 is 36.4 Å². The molecule has 0 aromatic heterocycles. The fraction of sp³-hybridized carbons (Fsp3) is 0.702. The average Bonchev–Trinajstić information content (AvgIpc) is 4.03. The van der Waals surface area contributed by atoms with Gasteiger partial charge in [0, 0.05) is 13.1 Å². The number of fused-ring (bicyclic) bond motifs is 4. The summed E-state index contributed by atoms with van der Waals surface area (Å²) in [6.45, 7) is 21.2. The lowest BCUT2D eigenvalue weighted by Gasteiger charge is -2.31.